The summed E-state index contributed by atoms with van der Waals surface area (Å²) in [6.45, 7) is 4.55. The minimum Gasteiger partial charge on any atom is -0.497 e. The molecule has 3 rings (SSSR count). The molecule has 0 saturated heterocycles. The van der Waals surface area contributed by atoms with Gasteiger partial charge in [0.1, 0.15) is 17.9 Å². The second kappa shape index (κ2) is 12.0. The fourth-order valence-electron chi connectivity index (χ4n) is 3.45. The van der Waals surface area contributed by atoms with Gasteiger partial charge in [-0.2, -0.15) is 4.31 Å². The molecule has 0 spiro atoms. The van der Waals surface area contributed by atoms with E-state index in [1.54, 1.807) is 51.1 Å². The summed E-state index contributed by atoms with van der Waals surface area (Å²) in [6, 6.07) is 11.3. The molecule has 0 atom stereocenters. The van der Waals surface area contributed by atoms with Crippen molar-refractivity contribution in [2.45, 2.75) is 37.8 Å². The molecule has 0 unspecified atom stereocenters. The summed E-state index contributed by atoms with van der Waals surface area (Å²) in [4.78, 5) is 16.7. The number of aromatic nitrogens is 1. The molecule has 0 saturated carbocycles. The molecule has 1 aromatic heterocycles. The van der Waals surface area contributed by atoms with E-state index in [1.807, 2.05) is 0 Å². The van der Waals surface area contributed by atoms with Gasteiger partial charge in [-0.05, 0) is 50.6 Å². The van der Waals surface area contributed by atoms with Crippen LogP contribution in [0.4, 0.5) is 5.69 Å². The zero-order chi connectivity index (χ0) is 26.7. The van der Waals surface area contributed by atoms with Gasteiger partial charge in [-0.3, -0.25) is 15.2 Å². The smallest absolute Gasteiger partial charge is 0.321 e. The fraction of sp³-hybridized carbons (Fsp3) is 0.292. The quantitative estimate of drug-likeness (QED) is 0.179. The Morgan fingerprint density at radius 3 is 2.49 bits per heavy atom. The summed E-state index contributed by atoms with van der Waals surface area (Å²) in [5.74, 6) is -0.537. The number of carbonyl (C=O) groups is 1. The van der Waals surface area contributed by atoms with Gasteiger partial charge in [0.05, 0.1) is 23.9 Å². The first-order valence-corrected chi connectivity index (χ1v) is 12.6. The number of nitrogens with one attached hydrogen (secondary N) is 1. The van der Waals surface area contributed by atoms with E-state index in [1.165, 1.54) is 31.6 Å². The minimum atomic E-state index is -4.16. The first-order valence-electron chi connectivity index (χ1n) is 10.8. The first-order chi connectivity index (χ1) is 16.8. The van der Waals surface area contributed by atoms with Crippen molar-refractivity contribution in [2.75, 3.05) is 18.1 Å². The number of pyridine rings is 1. The Morgan fingerprint density at radius 2 is 1.86 bits per heavy atom. The molecule has 0 aliphatic rings. The van der Waals surface area contributed by atoms with E-state index in [9.17, 15) is 13.2 Å². The third kappa shape index (κ3) is 7.45. The summed E-state index contributed by atoms with van der Waals surface area (Å²) in [7, 11) is -2.65. The topological polar surface area (TPSA) is 139 Å². The average Bonchev–Trinajstić information content (AvgIpc) is 2.81. The van der Waals surface area contributed by atoms with Gasteiger partial charge in [0.15, 0.2) is 0 Å². The monoisotopic (exact) mass is 569 g/mol. The molecule has 0 amide bonds. The molecule has 200 valence electrons. The number of ether oxygens (including phenoxy) is 2. The molecule has 3 aromatic rings. The number of fused-ring (bicyclic) bond motifs is 1. The largest absolute Gasteiger partial charge is 0.497 e. The number of sulfonamides is 1. The number of guanidine groups is 1. The van der Waals surface area contributed by atoms with Gasteiger partial charge in [-0.1, -0.05) is 18.2 Å². The lowest BCUT2D eigenvalue weighted by Gasteiger charge is -2.25. The fourth-order valence-corrected chi connectivity index (χ4v) is 5.00. The number of carbonyl (C=O) groups excluding carboxylic acids is 1. The molecule has 0 aliphatic heterocycles. The van der Waals surface area contributed by atoms with Crippen LogP contribution < -0.4 is 14.9 Å². The molecule has 0 bridgehead atoms. The highest BCUT2D eigenvalue weighted by Gasteiger charge is 2.30. The molecule has 3 N–H and O–H groups in total. The second-order valence-electron chi connectivity index (χ2n) is 8.92. The van der Waals surface area contributed by atoms with Gasteiger partial charge < -0.3 is 15.2 Å². The third-order valence-electron chi connectivity index (χ3n) is 4.99. The van der Waals surface area contributed by atoms with Crippen LogP contribution >= 0.6 is 24.2 Å². The van der Waals surface area contributed by atoms with Gasteiger partial charge in [0.25, 0.3) is 0 Å². The number of nitrogens with two attached hydrogens (primary N) is 1. The van der Waals surface area contributed by atoms with Crippen molar-refractivity contribution in [1.29, 1.82) is 5.41 Å². The predicted molar refractivity (Wildman–Crippen MR) is 146 cm³/mol. The van der Waals surface area contributed by atoms with Crippen LogP contribution in [-0.4, -0.2) is 48.9 Å². The Bertz CT molecular complexity index is 1400. The van der Waals surface area contributed by atoms with Crippen molar-refractivity contribution in [3.05, 3.63) is 60.4 Å². The molecule has 13 heteroatoms. The predicted octanol–water partition coefficient (Wildman–Crippen LogP) is 4.05. The van der Waals surface area contributed by atoms with E-state index in [-0.39, 0.29) is 23.8 Å². The molecular weight excluding hydrogens is 541 g/mol. The van der Waals surface area contributed by atoms with Crippen LogP contribution in [-0.2, 0) is 26.1 Å². The number of methoxy groups -OCH3 is 1. The summed E-state index contributed by atoms with van der Waals surface area (Å²) in [5.41, 5.74) is 5.65. The maximum Gasteiger partial charge on any atom is 0.321 e. The van der Waals surface area contributed by atoms with E-state index in [4.69, 9.17) is 32.4 Å². The highest BCUT2D eigenvalue weighted by atomic mass is 35.5. The van der Waals surface area contributed by atoms with Gasteiger partial charge in [0, 0.05) is 35.3 Å². The number of benzene rings is 2. The summed E-state index contributed by atoms with van der Waals surface area (Å²) in [5, 5.41) is 8.56. The summed E-state index contributed by atoms with van der Waals surface area (Å²) >= 11 is 6.08. The van der Waals surface area contributed by atoms with Crippen molar-refractivity contribution in [1.82, 2.24) is 9.29 Å². The van der Waals surface area contributed by atoms with Crippen LogP contribution in [0.5, 0.6) is 5.75 Å². The molecule has 37 heavy (non-hydrogen) atoms. The number of rotatable bonds is 8. The van der Waals surface area contributed by atoms with Crippen molar-refractivity contribution in [3.63, 3.8) is 0 Å². The normalized spacial score (nSPS) is 11.6. The number of esters is 1. The lowest BCUT2D eigenvalue weighted by atomic mass is 10.1. The molecule has 0 fully saturated rings. The molecular formula is C24H29Cl2N5O5S. The molecule has 1 heterocycles. The van der Waals surface area contributed by atoms with Crippen LogP contribution in [0.15, 0.2) is 59.8 Å². The van der Waals surface area contributed by atoms with Crippen molar-refractivity contribution in [2.24, 2.45) is 5.73 Å². The van der Waals surface area contributed by atoms with Gasteiger partial charge in [-0.25, -0.2) is 12.8 Å². The number of hydrogen-bond acceptors (Lipinski definition) is 7. The lowest BCUT2D eigenvalue weighted by Crippen LogP contribution is -2.38. The number of anilines is 1. The standard InChI is InChI=1S/C24H28ClN5O5S.ClH/c1-24(2,3)35-22(31)15-29(14-16-6-5-7-18(10-16)34-4)36(32,33)19-8-9-20-17(11-19)12-28-13-21(20)30(25)23(26)27;/h5-13H,14-15H2,1-4H3,(H3,26,27);1H. The second-order valence-corrected chi connectivity index (χ2v) is 11.2. The van der Waals surface area contributed by atoms with Gasteiger partial charge in [-0.15, -0.1) is 12.4 Å². The zero-order valence-electron chi connectivity index (χ0n) is 20.8. The SMILES string of the molecule is COc1cccc(CN(CC(=O)OC(C)(C)C)S(=O)(=O)c2ccc3c(N(Cl)C(=N)N)cncc3c2)c1.Cl. The van der Waals surface area contributed by atoms with Gasteiger partial charge >= 0.3 is 5.97 Å². The van der Waals surface area contributed by atoms with Crippen LogP contribution in [0.2, 0.25) is 0 Å². The highest BCUT2D eigenvalue weighted by molar-refractivity contribution is 7.89. The minimum absolute atomic E-state index is 0. The van der Waals surface area contributed by atoms with Crippen LogP contribution in [0, 0.1) is 5.41 Å². The Hall–Kier alpha value is -3.12. The number of hydrogen-bond donors (Lipinski definition) is 2. The summed E-state index contributed by atoms with van der Waals surface area (Å²) < 4.78 is 40.1. The maximum absolute atomic E-state index is 13.7. The van der Waals surface area contributed by atoms with Gasteiger partial charge in [0.2, 0.25) is 16.0 Å². The lowest BCUT2D eigenvalue weighted by molar-refractivity contribution is -0.155. The van der Waals surface area contributed by atoms with Crippen molar-refractivity contribution in [3.8, 4) is 5.75 Å². The third-order valence-corrected chi connectivity index (χ3v) is 7.14. The van der Waals surface area contributed by atoms with Crippen molar-refractivity contribution >= 4 is 62.6 Å². The zero-order valence-corrected chi connectivity index (χ0v) is 23.2. The Morgan fingerprint density at radius 1 is 1.16 bits per heavy atom. The van der Waals surface area contributed by atoms with E-state index >= 15 is 0 Å². The summed E-state index contributed by atoms with van der Waals surface area (Å²) in [6.07, 6.45) is 2.89. The molecule has 0 radical (unpaired) electrons. The van der Waals surface area contributed by atoms with Crippen LogP contribution in [0.1, 0.15) is 26.3 Å². The van der Waals surface area contributed by atoms with E-state index in [0.29, 0.717) is 27.8 Å². The van der Waals surface area contributed by atoms with E-state index in [2.05, 4.69) is 4.98 Å². The Balaban J connectivity index is 0.00000481. The van der Waals surface area contributed by atoms with E-state index in [0.717, 1.165) is 8.72 Å². The number of halogens is 2. The molecule has 2 aromatic carbocycles. The highest BCUT2D eigenvalue weighted by Crippen LogP contribution is 2.30. The van der Waals surface area contributed by atoms with Crippen molar-refractivity contribution < 1.29 is 22.7 Å². The number of nitrogens with zero attached hydrogens (tertiary/aromatic N) is 3. The Kier molecular flexibility index (Phi) is 9.72. The first kappa shape index (κ1) is 30.1. The van der Waals surface area contributed by atoms with Crippen LogP contribution in [0.3, 0.4) is 0 Å². The van der Waals surface area contributed by atoms with Crippen LogP contribution in [0.25, 0.3) is 10.8 Å². The molecule has 10 nitrogen and oxygen atoms in total. The van der Waals surface area contributed by atoms with E-state index < -0.39 is 34.1 Å². The Labute approximate surface area is 227 Å². The molecule has 0 aliphatic carbocycles. The average molecular weight is 570 g/mol. The maximum atomic E-state index is 13.7.